The largest absolute Gasteiger partial charge is 0.527 e. The van der Waals surface area contributed by atoms with Crippen molar-refractivity contribution in [1.29, 1.82) is 0 Å². The molecular formula is C45H79NO8P+. The summed E-state index contributed by atoms with van der Waals surface area (Å²) in [5, 5.41) is 0. The molecule has 0 spiro atoms. The Labute approximate surface area is 335 Å². The van der Waals surface area contributed by atoms with Crippen molar-refractivity contribution in [2.24, 2.45) is 7.05 Å². The number of aromatic nitrogens is 1. The summed E-state index contributed by atoms with van der Waals surface area (Å²) in [6, 6.07) is 3.07. The first kappa shape index (κ1) is 50.5. The number of unbranched alkanes of at least 4 members (excludes halogenated alkanes) is 22. The van der Waals surface area contributed by atoms with Gasteiger partial charge in [0.25, 0.3) is 0 Å². The molecular weight excluding hydrogens is 713 g/mol. The second-order valence-corrected chi connectivity index (χ2v) is 16.4. The predicted octanol–water partition coefficient (Wildman–Crippen LogP) is 12.5. The van der Waals surface area contributed by atoms with Gasteiger partial charge in [-0.05, 0) is 64.2 Å². The lowest BCUT2D eigenvalue weighted by atomic mass is 10.1. The van der Waals surface area contributed by atoms with Gasteiger partial charge in [-0.2, -0.15) is 0 Å². The van der Waals surface area contributed by atoms with Crippen LogP contribution in [0.2, 0.25) is 0 Å². The Morgan fingerprint density at radius 3 is 1.47 bits per heavy atom. The van der Waals surface area contributed by atoms with Gasteiger partial charge in [0.15, 0.2) is 18.5 Å². The first-order chi connectivity index (χ1) is 26.8. The molecule has 10 heteroatoms. The molecule has 0 bridgehead atoms. The number of carbonyl (C=O) groups excluding carboxylic acids is 2. The molecule has 1 heterocycles. The molecule has 0 aliphatic heterocycles. The molecule has 0 amide bonds. The van der Waals surface area contributed by atoms with Crippen LogP contribution in [0.3, 0.4) is 0 Å². The maximum absolute atomic E-state index is 12.7. The number of ether oxygens (including phenoxy) is 2. The average molecular weight is 793 g/mol. The van der Waals surface area contributed by atoms with Crippen LogP contribution in [0.25, 0.3) is 0 Å². The summed E-state index contributed by atoms with van der Waals surface area (Å²) in [7, 11) is -2.71. The fourth-order valence-electron chi connectivity index (χ4n) is 6.18. The van der Waals surface area contributed by atoms with Crippen LogP contribution in [-0.2, 0) is 35.2 Å². The fourth-order valence-corrected chi connectivity index (χ4v) is 6.98. The van der Waals surface area contributed by atoms with Crippen molar-refractivity contribution in [1.82, 2.24) is 0 Å². The van der Waals surface area contributed by atoms with E-state index in [2.05, 4.69) is 38.2 Å². The minimum atomic E-state index is -4.52. The summed E-state index contributed by atoms with van der Waals surface area (Å²) in [4.78, 5) is 35.5. The van der Waals surface area contributed by atoms with Crippen LogP contribution in [-0.4, -0.2) is 36.1 Å². The lowest BCUT2D eigenvalue weighted by Gasteiger charge is -2.20. The van der Waals surface area contributed by atoms with Crippen molar-refractivity contribution in [2.45, 2.75) is 200 Å². The quantitative estimate of drug-likeness (QED) is 0.0232. The number of phosphoric ester groups is 1. The summed E-state index contributed by atoms with van der Waals surface area (Å²) < 4.78 is 35.7. The van der Waals surface area contributed by atoms with Crippen molar-refractivity contribution >= 4 is 19.8 Å². The summed E-state index contributed by atoms with van der Waals surface area (Å²) in [6.07, 6.45) is 42.4. The van der Waals surface area contributed by atoms with Crippen LogP contribution in [0.4, 0.5) is 0 Å². The van der Waals surface area contributed by atoms with Gasteiger partial charge in [-0.15, -0.1) is 0 Å². The second kappa shape index (κ2) is 35.9. The predicted molar refractivity (Wildman–Crippen MR) is 224 cm³/mol. The zero-order valence-corrected chi connectivity index (χ0v) is 36.0. The van der Waals surface area contributed by atoms with E-state index in [4.69, 9.17) is 18.5 Å². The number of pyridine rings is 1. The summed E-state index contributed by atoms with van der Waals surface area (Å²) in [5.74, 6) is -0.687. The van der Waals surface area contributed by atoms with E-state index in [-0.39, 0.29) is 25.2 Å². The number of rotatable bonds is 38. The minimum absolute atomic E-state index is 0.160. The first-order valence-electron chi connectivity index (χ1n) is 22.0. The zero-order valence-electron chi connectivity index (χ0n) is 35.1. The molecule has 0 fully saturated rings. The van der Waals surface area contributed by atoms with Crippen molar-refractivity contribution in [2.75, 3.05) is 13.2 Å². The zero-order chi connectivity index (χ0) is 40.1. The monoisotopic (exact) mass is 793 g/mol. The lowest BCUT2D eigenvalue weighted by molar-refractivity contribution is -0.671. The van der Waals surface area contributed by atoms with Gasteiger partial charge in [0.2, 0.25) is 0 Å². The van der Waals surface area contributed by atoms with Crippen molar-refractivity contribution in [3.05, 3.63) is 48.8 Å². The molecule has 55 heavy (non-hydrogen) atoms. The SMILES string of the molecule is CCCCCCCC/C=C\CCCCCCCC(=O)OC[C@H](COP(=O)(O)Oc1cc[n+](C)cc1)OC(=O)CCCCCCC/C=C\CCCCCCCC. The van der Waals surface area contributed by atoms with Gasteiger partial charge in [0, 0.05) is 25.0 Å². The van der Waals surface area contributed by atoms with Crippen LogP contribution in [0.1, 0.15) is 194 Å². The van der Waals surface area contributed by atoms with Crippen LogP contribution in [0.5, 0.6) is 5.75 Å². The number of hydrogen-bond donors (Lipinski definition) is 1. The van der Waals surface area contributed by atoms with Crippen molar-refractivity contribution in [3.8, 4) is 5.75 Å². The van der Waals surface area contributed by atoms with Gasteiger partial charge in [0.1, 0.15) is 26.0 Å². The molecule has 1 unspecified atom stereocenters. The Morgan fingerprint density at radius 1 is 0.618 bits per heavy atom. The third-order valence-electron chi connectivity index (χ3n) is 9.61. The third kappa shape index (κ3) is 33.4. The first-order valence-corrected chi connectivity index (χ1v) is 23.5. The normalized spacial score (nSPS) is 13.3. The van der Waals surface area contributed by atoms with E-state index in [1.165, 1.54) is 102 Å². The van der Waals surface area contributed by atoms with Crippen LogP contribution in [0, 0.1) is 0 Å². The Morgan fingerprint density at radius 2 is 1.02 bits per heavy atom. The molecule has 1 aromatic heterocycles. The molecule has 0 aliphatic rings. The maximum atomic E-state index is 12.7. The number of aryl methyl sites for hydroxylation is 1. The molecule has 0 saturated heterocycles. The van der Waals surface area contributed by atoms with E-state index in [1.54, 1.807) is 17.0 Å². The van der Waals surface area contributed by atoms with E-state index in [0.29, 0.717) is 6.42 Å². The van der Waals surface area contributed by atoms with E-state index in [9.17, 15) is 19.0 Å². The Hall–Kier alpha value is -2.48. The smallest absolute Gasteiger partial charge is 0.462 e. The van der Waals surface area contributed by atoms with Crippen LogP contribution in [0.15, 0.2) is 48.8 Å². The molecule has 0 radical (unpaired) electrons. The Balaban J connectivity index is 2.34. The van der Waals surface area contributed by atoms with Crippen molar-refractivity contribution < 1.29 is 42.1 Å². The molecule has 0 aromatic carbocycles. The minimum Gasteiger partial charge on any atom is -0.462 e. The highest BCUT2D eigenvalue weighted by molar-refractivity contribution is 7.47. The van der Waals surface area contributed by atoms with E-state index < -0.39 is 32.5 Å². The standard InChI is InChI=1S/C45H78NO8P/c1-4-6-8-10-12-14-16-18-20-22-24-26-28-30-32-34-44(47)51-40-43(41-52-55(49,50)54-42-36-38-46(3)39-37-42)53-45(48)35-33-31-29-27-25-23-21-19-17-15-13-11-9-7-5-2/h18-21,36-39,43H,4-17,22-35,40-41H2,1-3H3/p+1/b20-18-,21-19-/t43-/m1/s1. The lowest BCUT2D eigenvalue weighted by Crippen LogP contribution is -2.29. The number of hydrogen-bond acceptors (Lipinski definition) is 7. The summed E-state index contributed by atoms with van der Waals surface area (Å²) in [5.41, 5.74) is 0. The fraction of sp³-hybridized carbons (Fsp3) is 0.756. The van der Waals surface area contributed by atoms with Gasteiger partial charge >= 0.3 is 19.8 Å². The highest BCUT2D eigenvalue weighted by Crippen LogP contribution is 2.43. The number of esters is 2. The highest BCUT2D eigenvalue weighted by Gasteiger charge is 2.27. The van der Waals surface area contributed by atoms with Gasteiger partial charge in [-0.25, -0.2) is 9.13 Å². The Kier molecular flexibility index (Phi) is 33.0. The van der Waals surface area contributed by atoms with Gasteiger partial charge in [-0.1, -0.05) is 141 Å². The third-order valence-corrected chi connectivity index (χ3v) is 10.5. The van der Waals surface area contributed by atoms with E-state index in [0.717, 1.165) is 70.6 Å². The molecule has 9 nitrogen and oxygen atoms in total. The molecule has 1 aromatic rings. The van der Waals surface area contributed by atoms with Gasteiger partial charge < -0.3 is 14.0 Å². The van der Waals surface area contributed by atoms with Gasteiger partial charge in [0.05, 0.1) is 0 Å². The van der Waals surface area contributed by atoms with Crippen LogP contribution >= 0.6 is 7.82 Å². The van der Waals surface area contributed by atoms with E-state index >= 15 is 0 Å². The second-order valence-electron chi connectivity index (χ2n) is 15.0. The maximum Gasteiger partial charge on any atom is 0.527 e. The molecule has 0 saturated carbocycles. The molecule has 316 valence electrons. The van der Waals surface area contributed by atoms with Crippen molar-refractivity contribution in [3.63, 3.8) is 0 Å². The molecule has 0 aliphatic carbocycles. The van der Waals surface area contributed by atoms with Crippen LogP contribution < -0.4 is 9.09 Å². The summed E-state index contributed by atoms with van der Waals surface area (Å²) >= 11 is 0. The number of phosphoric acid groups is 1. The summed E-state index contributed by atoms with van der Waals surface area (Å²) in [6.45, 7) is 3.78. The molecule has 1 rings (SSSR count). The number of nitrogens with zero attached hydrogens (tertiary/aromatic N) is 1. The topological polar surface area (TPSA) is 112 Å². The molecule has 1 N–H and O–H groups in total. The highest BCUT2D eigenvalue weighted by atomic mass is 31.2. The average Bonchev–Trinajstić information content (AvgIpc) is 3.16. The Bertz CT molecular complexity index is 1170. The number of carbonyl (C=O) groups is 2. The molecule has 2 atom stereocenters. The van der Waals surface area contributed by atoms with E-state index in [1.807, 2.05) is 7.05 Å². The van der Waals surface area contributed by atoms with Gasteiger partial charge in [-0.3, -0.25) is 19.0 Å². The number of allylic oxidation sites excluding steroid dienone is 4.